The third kappa shape index (κ3) is 4.03. The molecule has 0 saturated heterocycles. The lowest BCUT2D eigenvalue weighted by Crippen LogP contribution is -2.21. The standard InChI is InChI=1S/C14H17F2N3O/c1-2-12(13-17-7-8-18-13)19-9-10-3-5-11(6-4-10)20-14(15)16/h3-8,12,14,19H,2,9H2,1H3,(H,17,18). The molecular formula is C14H17F2N3O. The largest absolute Gasteiger partial charge is 0.435 e. The van der Waals surface area contributed by atoms with Crippen LogP contribution in [0.1, 0.15) is 30.8 Å². The molecule has 1 atom stereocenters. The predicted molar refractivity (Wildman–Crippen MR) is 71.5 cm³/mol. The second-order valence-electron chi connectivity index (χ2n) is 4.34. The number of benzene rings is 1. The highest BCUT2D eigenvalue weighted by Crippen LogP contribution is 2.16. The highest BCUT2D eigenvalue weighted by atomic mass is 19.3. The summed E-state index contributed by atoms with van der Waals surface area (Å²) in [6.07, 6.45) is 4.41. The average molecular weight is 281 g/mol. The Balaban J connectivity index is 1.90. The number of nitrogens with one attached hydrogen (secondary N) is 2. The zero-order chi connectivity index (χ0) is 14.4. The summed E-state index contributed by atoms with van der Waals surface area (Å²) < 4.78 is 28.4. The van der Waals surface area contributed by atoms with E-state index in [1.54, 1.807) is 24.5 Å². The van der Waals surface area contributed by atoms with Gasteiger partial charge in [0.05, 0.1) is 6.04 Å². The monoisotopic (exact) mass is 281 g/mol. The quantitative estimate of drug-likeness (QED) is 0.819. The highest BCUT2D eigenvalue weighted by molar-refractivity contribution is 5.27. The molecule has 6 heteroatoms. The molecule has 0 aliphatic heterocycles. The van der Waals surface area contributed by atoms with Gasteiger partial charge in [-0.1, -0.05) is 19.1 Å². The van der Waals surface area contributed by atoms with Crippen molar-refractivity contribution in [1.82, 2.24) is 15.3 Å². The Morgan fingerprint density at radius 1 is 1.30 bits per heavy atom. The van der Waals surface area contributed by atoms with Crippen LogP contribution in [0, 0.1) is 0 Å². The van der Waals surface area contributed by atoms with Gasteiger partial charge in [-0.25, -0.2) is 4.98 Å². The normalized spacial score (nSPS) is 12.6. The number of hydrogen-bond donors (Lipinski definition) is 2. The molecule has 1 aromatic heterocycles. The zero-order valence-corrected chi connectivity index (χ0v) is 11.1. The van der Waals surface area contributed by atoms with Crippen LogP contribution in [0.3, 0.4) is 0 Å². The van der Waals surface area contributed by atoms with Crippen molar-refractivity contribution < 1.29 is 13.5 Å². The van der Waals surface area contributed by atoms with Crippen LogP contribution in [-0.4, -0.2) is 16.6 Å². The molecule has 1 aromatic carbocycles. The third-order valence-electron chi connectivity index (χ3n) is 2.96. The van der Waals surface area contributed by atoms with E-state index in [4.69, 9.17) is 0 Å². The summed E-state index contributed by atoms with van der Waals surface area (Å²) in [6.45, 7) is -0.0871. The van der Waals surface area contributed by atoms with Crippen LogP contribution in [0.25, 0.3) is 0 Å². The van der Waals surface area contributed by atoms with E-state index >= 15 is 0 Å². The predicted octanol–water partition coefficient (Wildman–Crippen LogP) is 3.25. The number of nitrogens with zero attached hydrogens (tertiary/aromatic N) is 1. The molecular weight excluding hydrogens is 264 g/mol. The summed E-state index contributed by atoms with van der Waals surface area (Å²) in [5, 5.41) is 3.37. The van der Waals surface area contributed by atoms with Gasteiger partial charge in [0.2, 0.25) is 0 Å². The molecule has 0 aliphatic rings. The number of imidazole rings is 1. The van der Waals surface area contributed by atoms with Gasteiger partial charge >= 0.3 is 6.61 Å². The Morgan fingerprint density at radius 3 is 2.60 bits per heavy atom. The van der Waals surface area contributed by atoms with Gasteiger partial charge in [-0.15, -0.1) is 0 Å². The zero-order valence-electron chi connectivity index (χ0n) is 11.1. The molecule has 0 aliphatic carbocycles. The Labute approximate surface area is 116 Å². The van der Waals surface area contributed by atoms with Crippen LogP contribution in [0.4, 0.5) is 8.78 Å². The minimum Gasteiger partial charge on any atom is -0.435 e. The Morgan fingerprint density at radius 2 is 2.05 bits per heavy atom. The first-order chi connectivity index (χ1) is 9.69. The van der Waals surface area contributed by atoms with Crippen molar-refractivity contribution in [2.45, 2.75) is 32.5 Å². The van der Waals surface area contributed by atoms with E-state index in [0.29, 0.717) is 6.54 Å². The highest BCUT2D eigenvalue weighted by Gasteiger charge is 2.10. The first-order valence-corrected chi connectivity index (χ1v) is 6.45. The first-order valence-electron chi connectivity index (χ1n) is 6.45. The number of ether oxygens (including phenoxy) is 1. The molecule has 108 valence electrons. The maximum Gasteiger partial charge on any atom is 0.387 e. The van der Waals surface area contributed by atoms with E-state index in [1.807, 2.05) is 0 Å². The number of H-pyrrole nitrogens is 1. The van der Waals surface area contributed by atoms with E-state index < -0.39 is 6.61 Å². The SMILES string of the molecule is CCC(NCc1ccc(OC(F)F)cc1)c1ncc[nH]1. The maximum absolute atomic E-state index is 12.0. The van der Waals surface area contributed by atoms with Crippen LogP contribution in [0.5, 0.6) is 5.75 Å². The van der Waals surface area contributed by atoms with Gasteiger partial charge in [0.25, 0.3) is 0 Å². The number of alkyl halides is 2. The van der Waals surface area contributed by atoms with Crippen LogP contribution >= 0.6 is 0 Å². The molecule has 0 bridgehead atoms. The van der Waals surface area contributed by atoms with Gasteiger partial charge in [-0.2, -0.15) is 8.78 Å². The van der Waals surface area contributed by atoms with Gasteiger partial charge in [0, 0.05) is 18.9 Å². The fourth-order valence-corrected chi connectivity index (χ4v) is 1.93. The molecule has 0 amide bonds. The van der Waals surface area contributed by atoms with Crippen LogP contribution in [0.2, 0.25) is 0 Å². The van der Waals surface area contributed by atoms with Gasteiger partial charge < -0.3 is 15.0 Å². The molecule has 1 unspecified atom stereocenters. The number of hydrogen-bond acceptors (Lipinski definition) is 3. The minimum atomic E-state index is -2.79. The summed E-state index contributed by atoms with van der Waals surface area (Å²) in [5.41, 5.74) is 0.997. The average Bonchev–Trinajstić information content (AvgIpc) is 2.95. The molecule has 2 N–H and O–H groups in total. The van der Waals surface area contributed by atoms with Gasteiger partial charge in [0.15, 0.2) is 0 Å². The molecule has 0 radical (unpaired) electrons. The summed E-state index contributed by atoms with van der Waals surface area (Å²) in [4.78, 5) is 7.30. The number of aromatic amines is 1. The van der Waals surface area contributed by atoms with Crippen molar-refractivity contribution in [3.8, 4) is 5.75 Å². The van der Waals surface area contributed by atoms with Crippen molar-refractivity contribution >= 4 is 0 Å². The fraction of sp³-hybridized carbons (Fsp3) is 0.357. The van der Waals surface area contributed by atoms with Crippen molar-refractivity contribution in [3.05, 3.63) is 48.0 Å². The van der Waals surface area contributed by atoms with Crippen molar-refractivity contribution in [2.75, 3.05) is 0 Å². The molecule has 4 nitrogen and oxygen atoms in total. The van der Waals surface area contributed by atoms with Crippen LogP contribution in [0.15, 0.2) is 36.7 Å². The Bertz CT molecular complexity index is 500. The van der Waals surface area contributed by atoms with Crippen molar-refractivity contribution in [2.24, 2.45) is 0 Å². The van der Waals surface area contributed by atoms with Crippen LogP contribution in [-0.2, 0) is 6.54 Å². The lowest BCUT2D eigenvalue weighted by Gasteiger charge is -2.14. The van der Waals surface area contributed by atoms with E-state index in [-0.39, 0.29) is 11.8 Å². The second kappa shape index (κ2) is 7.00. The van der Waals surface area contributed by atoms with Gasteiger partial charge in [-0.3, -0.25) is 0 Å². The smallest absolute Gasteiger partial charge is 0.387 e. The first kappa shape index (κ1) is 14.5. The van der Waals surface area contributed by atoms with Crippen molar-refractivity contribution in [1.29, 1.82) is 0 Å². The molecule has 20 heavy (non-hydrogen) atoms. The fourth-order valence-electron chi connectivity index (χ4n) is 1.93. The minimum absolute atomic E-state index is 0.141. The van der Waals surface area contributed by atoms with Crippen molar-refractivity contribution in [3.63, 3.8) is 0 Å². The number of aromatic nitrogens is 2. The molecule has 0 spiro atoms. The van der Waals surface area contributed by atoms with Crippen LogP contribution < -0.4 is 10.1 Å². The van der Waals surface area contributed by atoms with E-state index in [9.17, 15) is 8.78 Å². The topological polar surface area (TPSA) is 49.9 Å². The Hall–Kier alpha value is -1.95. The maximum atomic E-state index is 12.0. The molecule has 2 rings (SSSR count). The molecule has 0 saturated carbocycles. The summed E-state index contributed by atoms with van der Waals surface area (Å²) in [7, 11) is 0. The molecule has 2 aromatic rings. The lowest BCUT2D eigenvalue weighted by molar-refractivity contribution is -0.0498. The Kier molecular flexibility index (Phi) is 5.06. The summed E-state index contributed by atoms with van der Waals surface area (Å²) >= 11 is 0. The molecule has 0 fully saturated rings. The number of halogens is 2. The lowest BCUT2D eigenvalue weighted by atomic mass is 10.1. The second-order valence-corrected chi connectivity index (χ2v) is 4.34. The van der Waals surface area contributed by atoms with E-state index in [2.05, 4.69) is 26.9 Å². The number of rotatable bonds is 7. The van der Waals surface area contributed by atoms with E-state index in [1.165, 1.54) is 12.1 Å². The summed E-state index contributed by atoms with van der Waals surface area (Å²) in [5.74, 6) is 1.06. The van der Waals surface area contributed by atoms with E-state index in [0.717, 1.165) is 17.8 Å². The van der Waals surface area contributed by atoms with Gasteiger partial charge in [0.1, 0.15) is 11.6 Å². The summed E-state index contributed by atoms with van der Waals surface area (Å²) in [6, 6.07) is 6.75. The van der Waals surface area contributed by atoms with Gasteiger partial charge in [-0.05, 0) is 24.1 Å². The third-order valence-corrected chi connectivity index (χ3v) is 2.96. The molecule has 1 heterocycles.